The van der Waals surface area contributed by atoms with E-state index >= 15 is 0 Å². The fraction of sp³-hybridized carbons (Fsp3) is 0.500. The van der Waals surface area contributed by atoms with Crippen molar-refractivity contribution in [1.82, 2.24) is 4.72 Å². The SMILES string of the molecule is COc1cc(C)c(S(=O)(=O)NCC(C)O)cc1OC. The first kappa shape index (κ1) is 15.7. The van der Waals surface area contributed by atoms with Crippen molar-refractivity contribution >= 4 is 10.0 Å². The molecule has 108 valence electrons. The smallest absolute Gasteiger partial charge is 0.241 e. The molecule has 19 heavy (non-hydrogen) atoms. The van der Waals surface area contributed by atoms with E-state index in [1.165, 1.54) is 27.2 Å². The van der Waals surface area contributed by atoms with Gasteiger partial charge in [0, 0.05) is 12.6 Å². The van der Waals surface area contributed by atoms with Crippen LogP contribution in [0.15, 0.2) is 17.0 Å². The molecule has 0 radical (unpaired) electrons. The number of rotatable bonds is 6. The zero-order valence-electron chi connectivity index (χ0n) is 11.4. The molecule has 2 N–H and O–H groups in total. The van der Waals surface area contributed by atoms with E-state index in [1.54, 1.807) is 13.0 Å². The van der Waals surface area contributed by atoms with Gasteiger partial charge in [0.25, 0.3) is 0 Å². The van der Waals surface area contributed by atoms with Gasteiger partial charge in [-0.25, -0.2) is 13.1 Å². The first-order valence-electron chi connectivity index (χ1n) is 5.72. The fourth-order valence-corrected chi connectivity index (χ4v) is 2.92. The number of aliphatic hydroxyl groups excluding tert-OH is 1. The number of aliphatic hydroxyl groups is 1. The number of methoxy groups -OCH3 is 2. The van der Waals surface area contributed by atoms with Crippen LogP contribution in [0, 0.1) is 6.92 Å². The van der Waals surface area contributed by atoms with Crippen molar-refractivity contribution in [3.8, 4) is 11.5 Å². The van der Waals surface area contributed by atoms with Crippen molar-refractivity contribution in [3.05, 3.63) is 17.7 Å². The van der Waals surface area contributed by atoms with Crippen LogP contribution in [0.1, 0.15) is 12.5 Å². The number of aryl methyl sites for hydroxylation is 1. The van der Waals surface area contributed by atoms with Gasteiger partial charge in [-0.2, -0.15) is 0 Å². The van der Waals surface area contributed by atoms with Gasteiger partial charge in [0.05, 0.1) is 25.2 Å². The second kappa shape index (κ2) is 6.23. The Morgan fingerprint density at radius 2 is 1.79 bits per heavy atom. The van der Waals surface area contributed by atoms with E-state index in [2.05, 4.69) is 4.72 Å². The summed E-state index contributed by atoms with van der Waals surface area (Å²) in [4.78, 5) is 0.103. The third-order valence-corrected chi connectivity index (χ3v) is 4.10. The van der Waals surface area contributed by atoms with Crippen molar-refractivity contribution in [3.63, 3.8) is 0 Å². The molecule has 1 rings (SSSR count). The van der Waals surface area contributed by atoms with Crippen LogP contribution in [-0.4, -0.2) is 40.4 Å². The Bertz CT molecular complexity index is 539. The highest BCUT2D eigenvalue weighted by Gasteiger charge is 2.20. The highest BCUT2D eigenvalue weighted by atomic mass is 32.2. The van der Waals surface area contributed by atoms with Crippen LogP contribution < -0.4 is 14.2 Å². The first-order valence-corrected chi connectivity index (χ1v) is 7.20. The summed E-state index contributed by atoms with van der Waals surface area (Å²) in [6.07, 6.45) is -0.754. The second-order valence-electron chi connectivity index (χ2n) is 4.17. The minimum atomic E-state index is -3.69. The summed E-state index contributed by atoms with van der Waals surface area (Å²) in [5.41, 5.74) is 0.538. The monoisotopic (exact) mass is 289 g/mol. The van der Waals surface area contributed by atoms with Gasteiger partial charge in [-0.15, -0.1) is 0 Å². The summed E-state index contributed by atoms with van der Waals surface area (Å²) >= 11 is 0. The number of hydrogen-bond donors (Lipinski definition) is 2. The Labute approximate surface area is 113 Å². The van der Waals surface area contributed by atoms with Gasteiger partial charge in [0.2, 0.25) is 10.0 Å². The highest BCUT2D eigenvalue weighted by molar-refractivity contribution is 7.89. The number of benzene rings is 1. The molecule has 0 saturated heterocycles. The van der Waals surface area contributed by atoms with Crippen molar-refractivity contribution < 1.29 is 23.0 Å². The van der Waals surface area contributed by atoms with E-state index in [9.17, 15) is 8.42 Å². The van der Waals surface area contributed by atoms with Crippen LogP contribution >= 0.6 is 0 Å². The molecule has 0 fully saturated rings. The lowest BCUT2D eigenvalue weighted by atomic mass is 10.2. The van der Waals surface area contributed by atoms with Gasteiger partial charge in [-0.1, -0.05) is 0 Å². The molecular formula is C12H19NO5S. The molecule has 7 heteroatoms. The molecule has 6 nitrogen and oxygen atoms in total. The van der Waals surface area contributed by atoms with Crippen LogP contribution in [0.3, 0.4) is 0 Å². The molecule has 0 aromatic heterocycles. The van der Waals surface area contributed by atoms with Crippen LogP contribution in [0.5, 0.6) is 11.5 Å². The zero-order chi connectivity index (χ0) is 14.6. The third-order valence-electron chi connectivity index (χ3n) is 2.54. The molecular weight excluding hydrogens is 270 g/mol. The molecule has 1 atom stereocenters. The first-order chi connectivity index (χ1) is 8.81. The lowest BCUT2D eigenvalue weighted by Crippen LogP contribution is -2.31. The van der Waals surface area contributed by atoms with Gasteiger partial charge in [-0.3, -0.25) is 0 Å². The normalized spacial score (nSPS) is 13.1. The molecule has 0 aliphatic carbocycles. The molecule has 0 aliphatic heterocycles. The molecule has 0 amide bonds. The van der Waals surface area contributed by atoms with E-state index in [0.29, 0.717) is 17.1 Å². The maximum Gasteiger partial charge on any atom is 0.241 e. The van der Waals surface area contributed by atoms with E-state index in [-0.39, 0.29) is 11.4 Å². The van der Waals surface area contributed by atoms with Crippen LogP contribution in [-0.2, 0) is 10.0 Å². The number of sulfonamides is 1. The van der Waals surface area contributed by atoms with Crippen LogP contribution in [0.4, 0.5) is 0 Å². The van der Waals surface area contributed by atoms with Crippen molar-refractivity contribution in [2.24, 2.45) is 0 Å². The molecule has 1 unspecified atom stereocenters. The molecule has 0 aliphatic rings. The molecule has 0 bridgehead atoms. The van der Waals surface area contributed by atoms with Crippen LogP contribution in [0.2, 0.25) is 0 Å². The molecule has 0 heterocycles. The fourth-order valence-electron chi connectivity index (χ4n) is 1.56. The minimum absolute atomic E-state index is 0.0455. The van der Waals surface area contributed by atoms with Crippen LogP contribution in [0.25, 0.3) is 0 Å². The molecule has 1 aromatic carbocycles. The van der Waals surface area contributed by atoms with Gasteiger partial charge in [0.15, 0.2) is 11.5 Å². The molecule has 0 saturated carbocycles. The van der Waals surface area contributed by atoms with Gasteiger partial charge >= 0.3 is 0 Å². The molecule has 0 spiro atoms. The van der Waals surface area contributed by atoms with E-state index in [1.807, 2.05) is 0 Å². The van der Waals surface area contributed by atoms with E-state index < -0.39 is 16.1 Å². The number of nitrogens with one attached hydrogen (secondary N) is 1. The minimum Gasteiger partial charge on any atom is -0.493 e. The van der Waals surface area contributed by atoms with Gasteiger partial charge < -0.3 is 14.6 Å². The summed E-state index contributed by atoms with van der Waals surface area (Å²) in [7, 11) is -0.769. The Morgan fingerprint density at radius 1 is 1.26 bits per heavy atom. The summed E-state index contributed by atoms with van der Waals surface area (Å²) in [5.74, 6) is 0.806. The Hall–Kier alpha value is -1.31. The molecule has 1 aromatic rings. The van der Waals surface area contributed by atoms with Gasteiger partial charge in [-0.05, 0) is 25.5 Å². The zero-order valence-corrected chi connectivity index (χ0v) is 12.2. The lowest BCUT2D eigenvalue weighted by Gasteiger charge is -2.14. The van der Waals surface area contributed by atoms with Crippen molar-refractivity contribution in [1.29, 1.82) is 0 Å². The summed E-state index contributed by atoms with van der Waals surface area (Å²) in [6.45, 7) is 3.12. The maximum atomic E-state index is 12.1. The third kappa shape index (κ3) is 3.82. The largest absolute Gasteiger partial charge is 0.493 e. The van der Waals surface area contributed by atoms with E-state index in [4.69, 9.17) is 14.6 Å². The highest BCUT2D eigenvalue weighted by Crippen LogP contribution is 2.32. The second-order valence-corrected chi connectivity index (χ2v) is 5.91. The Kier molecular flexibility index (Phi) is 5.16. The number of ether oxygens (including phenoxy) is 2. The maximum absolute atomic E-state index is 12.1. The Balaban J connectivity index is 3.19. The van der Waals surface area contributed by atoms with E-state index in [0.717, 1.165) is 0 Å². The predicted octanol–water partition coefficient (Wildman–Crippen LogP) is 0.671. The van der Waals surface area contributed by atoms with Crippen molar-refractivity contribution in [2.75, 3.05) is 20.8 Å². The average molecular weight is 289 g/mol. The Morgan fingerprint density at radius 3 is 2.26 bits per heavy atom. The predicted molar refractivity (Wildman–Crippen MR) is 71.2 cm³/mol. The topological polar surface area (TPSA) is 84.9 Å². The van der Waals surface area contributed by atoms with Gasteiger partial charge in [0.1, 0.15) is 0 Å². The average Bonchev–Trinajstić information content (AvgIpc) is 2.35. The summed E-state index contributed by atoms with van der Waals surface area (Å²) in [6, 6.07) is 2.99. The van der Waals surface area contributed by atoms with Crippen molar-refractivity contribution in [2.45, 2.75) is 24.8 Å². The number of hydrogen-bond acceptors (Lipinski definition) is 5. The summed E-state index contributed by atoms with van der Waals surface area (Å²) < 4.78 is 36.7. The summed E-state index contributed by atoms with van der Waals surface area (Å²) in [5, 5.41) is 9.14. The quantitative estimate of drug-likeness (QED) is 0.804. The lowest BCUT2D eigenvalue weighted by molar-refractivity contribution is 0.198. The standard InChI is InChI=1S/C12H19NO5S/c1-8-5-10(17-3)11(18-4)6-12(8)19(15,16)13-7-9(2)14/h5-6,9,13-14H,7H2,1-4H3.